The largest absolute Gasteiger partial charge is 0.355 e. The van der Waals surface area contributed by atoms with E-state index in [0.717, 1.165) is 12.8 Å². The Labute approximate surface area is 163 Å². The lowest BCUT2D eigenvalue weighted by Gasteiger charge is -2.07. The summed E-state index contributed by atoms with van der Waals surface area (Å²) in [4.78, 5) is 24.1. The van der Waals surface area contributed by atoms with E-state index >= 15 is 0 Å². The van der Waals surface area contributed by atoms with Crippen molar-refractivity contribution >= 4 is 26.8 Å². The standard InChI is InChI=1S/C20H23N3O4S/c1-22-17-11-10-16(13-18(17)23(2)20(22)25)28(26,27)14-19(24)21-12-6-9-15-7-4-3-5-8-15/h3-5,7-8,10-11,13H,6,9,12,14H2,1-2H3,(H,21,24). The maximum atomic E-state index is 12.6. The Morgan fingerprint density at radius 3 is 2.39 bits per heavy atom. The van der Waals surface area contributed by atoms with Crippen molar-refractivity contribution in [3.63, 3.8) is 0 Å². The molecule has 2 aromatic carbocycles. The molecule has 1 N–H and O–H groups in total. The molecule has 7 nitrogen and oxygen atoms in total. The summed E-state index contributed by atoms with van der Waals surface area (Å²) in [5, 5.41) is 2.66. The Bertz CT molecular complexity index is 1160. The molecular formula is C20H23N3O4S. The van der Waals surface area contributed by atoms with Crippen molar-refractivity contribution in [2.24, 2.45) is 14.1 Å². The number of carbonyl (C=O) groups is 1. The van der Waals surface area contributed by atoms with Crippen molar-refractivity contribution in [2.45, 2.75) is 17.7 Å². The molecule has 0 fully saturated rings. The molecule has 0 aliphatic heterocycles. The number of sulfone groups is 1. The fourth-order valence-electron chi connectivity index (χ4n) is 3.15. The van der Waals surface area contributed by atoms with E-state index < -0.39 is 21.5 Å². The molecule has 1 aromatic heterocycles. The molecule has 148 valence electrons. The van der Waals surface area contributed by atoms with E-state index in [0.29, 0.717) is 17.6 Å². The van der Waals surface area contributed by atoms with Gasteiger partial charge in [0.2, 0.25) is 5.91 Å². The lowest BCUT2D eigenvalue weighted by Crippen LogP contribution is -2.31. The predicted octanol–water partition coefficient (Wildman–Crippen LogP) is 1.40. The van der Waals surface area contributed by atoms with E-state index in [9.17, 15) is 18.0 Å². The second kappa shape index (κ2) is 8.02. The second-order valence-corrected chi connectivity index (χ2v) is 8.74. The van der Waals surface area contributed by atoms with Crippen molar-refractivity contribution in [3.8, 4) is 0 Å². The molecule has 0 bridgehead atoms. The molecular weight excluding hydrogens is 378 g/mol. The van der Waals surface area contributed by atoms with Gasteiger partial charge in [0.05, 0.1) is 15.9 Å². The lowest BCUT2D eigenvalue weighted by molar-refractivity contribution is -0.118. The number of aromatic nitrogens is 2. The van der Waals surface area contributed by atoms with Crippen LogP contribution in [0.3, 0.4) is 0 Å². The maximum Gasteiger partial charge on any atom is 0.328 e. The molecule has 3 aromatic rings. The molecule has 3 rings (SSSR count). The highest BCUT2D eigenvalue weighted by Gasteiger charge is 2.21. The number of rotatable bonds is 7. The van der Waals surface area contributed by atoms with Crippen LogP contribution < -0.4 is 11.0 Å². The third-order valence-electron chi connectivity index (χ3n) is 4.73. The highest BCUT2D eigenvalue weighted by Crippen LogP contribution is 2.18. The van der Waals surface area contributed by atoms with Gasteiger partial charge in [-0.15, -0.1) is 0 Å². The number of aryl methyl sites for hydroxylation is 3. The van der Waals surface area contributed by atoms with Gasteiger partial charge in [-0.05, 0) is 36.6 Å². The van der Waals surface area contributed by atoms with Gasteiger partial charge >= 0.3 is 5.69 Å². The Morgan fingerprint density at radius 2 is 1.68 bits per heavy atom. The average Bonchev–Trinajstić information content (AvgIpc) is 2.90. The van der Waals surface area contributed by atoms with Gasteiger partial charge in [-0.1, -0.05) is 30.3 Å². The number of nitrogens with zero attached hydrogens (tertiary/aromatic N) is 2. The molecule has 1 heterocycles. The van der Waals surface area contributed by atoms with Crippen LogP contribution in [0.2, 0.25) is 0 Å². The number of carbonyl (C=O) groups excluding carboxylic acids is 1. The Morgan fingerprint density at radius 1 is 1.00 bits per heavy atom. The zero-order chi connectivity index (χ0) is 20.3. The monoisotopic (exact) mass is 401 g/mol. The molecule has 0 atom stereocenters. The summed E-state index contributed by atoms with van der Waals surface area (Å²) in [6.45, 7) is 0.412. The van der Waals surface area contributed by atoms with Gasteiger partial charge in [-0.3, -0.25) is 13.9 Å². The van der Waals surface area contributed by atoms with Gasteiger partial charge < -0.3 is 5.32 Å². The fraction of sp³-hybridized carbons (Fsp3) is 0.300. The molecule has 28 heavy (non-hydrogen) atoms. The van der Waals surface area contributed by atoms with Crippen molar-refractivity contribution < 1.29 is 13.2 Å². The zero-order valence-electron chi connectivity index (χ0n) is 15.9. The minimum atomic E-state index is -3.80. The van der Waals surface area contributed by atoms with Gasteiger partial charge in [-0.25, -0.2) is 13.2 Å². The van der Waals surface area contributed by atoms with E-state index in [1.807, 2.05) is 30.3 Å². The van der Waals surface area contributed by atoms with Gasteiger partial charge in [0.15, 0.2) is 9.84 Å². The van der Waals surface area contributed by atoms with Crippen molar-refractivity contribution in [2.75, 3.05) is 12.3 Å². The van der Waals surface area contributed by atoms with Crippen LogP contribution in [0.15, 0.2) is 58.2 Å². The Kier molecular flexibility index (Phi) is 5.69. The number of amides is 1. The number of hydrogen-bond acceptors (Lipinski definition) is 4. The summed E-state index contributed by atoms with van der Waals surface area (Å²) in [6.07, 6.45) is 1.54. The minimum Gasteiger partial charge on any atom is -0.355 e. The summed E-state index contributed by atoms with van der Waals surface area (Å²) < 4.78 is 28.0. The van der Waals surface area contributed by atoms with Crippen LogP contribution in [-0.2, 0) is 35.1 Å². The van der Waals surface area contributed by atoms with Crippen molar-refractivity contribution in [3.05, 3.63) is 64.6 Å². The van der Waals surface area contributed by atoms with Crippen LogP contribution in [0, 0.1) is 0 Å². The molecule has 0 saturated heterocycles. The van der Waals surface area contributed by atoms with Gasteiger partial charge in [0.1, 0.15) is 5.75 Å². The first kappa shape index (κ1) is 19.9. The van der Waals surface area contributed by atoms with Gasteiger partial charge in [-0.2, -0.15) is 0 Å². The molecule has 1 amide bonds. The Balaban J connectivity index is 1.63. The summed E-state index contributed by atoms with van der Waals surface area (Å²) >= 11 is 0. The smallest absolute Gasteiger partial charge is 0.328 e. The Hall–Kier alpha value is -2.87. The summed E-state index contributed by atoms with van der Waals surface area (Å²) in [5.74, 6) is -1.15. The van der Waals surface area contributed by atoms with Crippen molar-refractivity contribution in [1.29, 1.82) is 0 Å². The van der Waals surface area contributed by atoms with Crippen LogP contribution in [0.4, 0.5) is 0 Å². The van der Waals surface area contributed by atoms with E-state index in [2.05, 4.69) is 5.32 Å². The zero-order valence-corrected chi connectivity index (χ0v) is 16.7. The molecule has 0 saturated carbocycles. The third-order valence-corrected chi connectivity index (χ3v) is 6.35. The number of imidazole rings is 1. The van der Waals surface area contributed by atoms with Gasteiger partial charge in [0.25, 0.3) is 0 Å². The molecule has 0 spiro atoms. The molecule has 0 aliphatic rings. The number of benzene rings is 2. The first-order chi connectivity index (χ1) is 13.3. The van der Waals surface area contributed by atoms with Gasteiger partial charge in [0, 0.05) is 20.6 Å². The lowest BCUT2D eigenvalue weighted by atomic mass is 10.1. The maximum absolute atomic E-state index is 12.6. The molecule has 0 radical (unpaired) electrons. The van der Waals surface area contributed by atoms with Crippen LogP contribution in [0.1, 0.15) is 12.0 Å². The average molecular weight is 401 g/mol. The van der Waals surface area contributed by atoms with E-state index in [4.69, 9.17) is 0 Å². The van der Waals surface area contributed by atoms with E-state index in [1.54, 1.807) is 20.2 Å². The first-order valence-electron chi connectivity index (χ1n) is 8.98. The highest BCUT2D eigenvalue weighted by molar-refractivity contribution is 7.92. The topological polar surface area (TPSA) is 90.2 Å². The van der Waals surface area contributed by atoms with Crippen molar-refractivity contribution in [1.82, 2.24) is 14.5 Å². The molecule has 0 aliphatic carbocycles. The predicted molar refractivity (Wildman–Crippen MR) is 108 cm³/mol. The number of fused-ring (bicyclic) bond motifs is 1. The number of nitrogens with one attached hydrogen (secondary N) is 1. The summed E-state index contributed by atoms with van der Waals surface area (Å²) in [5.41, 5.74) is 2.08. The fourth-order valence-corrected chi connectivity index (χ4v) is 4.33. The van der Waals surface area contributed by atoms with Crippen LogP contribution in [0.25, 0.3) is 11.0 Å². The minimum absolute atomic E-state index is 0.0284. The van der Waals surface area contributed by atoms with Crippen LogP contribution in [-0.4, -0.2) is 35.8 Å². The normalized spacial score (nSPS) is 11.6. The molecule has 8 heteroatoms. The van der Waals surface area contributed by atoms with Crippen LogP contribution in [0.5, 0.6) is 0 Å². The van der Waals surface area contributed by atoms with E-state index in [1.165, 1.54) is 26.8 Å². The molecule has 0 unspecified atom stereocenters. The third kappa shape index (κ3) is 4.17. The SMILES string of the molecule is Cn1c(=O)n(C)c2cc(S(=O)(=O)CC(=O)NCCCc3ccccc3)ccc21. The first-order valence-corrected chi connectivity index (χ1v) is 10.6. The quantitative estimate of drug-likeness (QED) is 0.606. The summed E-state index contributed by atoms with van der Waals surface area (Å²) in [7, 11) is -0.587. The summed E-state index contributed by atoms with van der Waals surface area (Å²) in [6, 6.07) is 14.3. The van der Waals surface area contributed by atoms with E-state index in [-0.39, 0.29) is 10.6 Å². The number of hydrogen-bond donors (Lipinski definition) is 1. The second-order valence-electron chi connectivity index (χ2n) is 6.75. The van der Waals surface area contributed by atoms with Crippen LogP contribution >= 0.6 is 0 Å². The highest BCUT2D eigenvalue weighted by atomic mass is 32.2.